The minimum Gasteiger partial charge on any atom is -0.372 e. The van der Waals surface area contributed by atoms with Crippen LogP contribution in [0.4, 0.5) is 5.69 Å². The zero-order valence-corrected chi connectivity index (χ0v) is 11.6. The van der Waals surface area contributed by atoms with Gasteiger partial charge in [0, 0.05) is 30.7 Å². The molecule has 0 spiro atoms. The molecule has 4 heteroatoms. The Labute approximate surface area is 113 Å². The Kier molecular flexibility index (Phi) is 4.26. The molecule has 2 aromatic rings. The maximum Gasteiger partial charge on any atom is 0.0995 e. The number of anilines is 1. The molecule has 1 heterocycles. The number of aromatic nitrogens is 2. The standard InChI is InChI=1S/C14H18ClN3/c1-3-17(4-2)13-5-7-14(8-6-13)18-10-12(9-15)16-11-18/h5-8,10-11H,3-4,9H2,1-2H3. The van der Waals surface area contributed by atoms with Gasteiger partial charge in [-0.3, -0.25) is 0 Å². The maximum atomic E-state index is 5.75. The molecule has 0 aliphatic carbocycles. The highest BCUT2D eigenvalue weighted by molar-refractivity contribution is 6.16. The van der Waals surface area contributed by atoms with Gasteiger partial charge in [-0.1, -0.05) is 0 Å². The second-order valence-corrected chi connectivity index (χ2v) is 4.36. The number of hydrogen-bond acceptors (Lipinski definition) is 2. The number of nitrogens with zero attached hydrogens (tertiary/aromatic N) is 3. The lowest BCUT2D eigenvalue weighted by Crippen LogP contribution is -2.21. The quantitative estimate of drug-likeness (QED) is 0.771. The van der Waals surface area contributed by atoms with Gasteiger partial charge in [-0.15, -0.1) is 11.6 Å². The largest absolute Gasteiger partial charge is 0.372 e. The highest BCUT2D eigenvalue weighted by Crippen LogP contribution is 2.17. The normalized spacial score (nSPS) is 10.6. The minimum atomic E-state index is 0.449. The maximum absolute atomic E-state index is 5.75. The predicted molar refractivity (Wildman–Crippen MR) is 76.7 cm³/mol. The van der Waals surface area contributed by atoms with Crippen molar-refractivity contribution in [1.29, 1.82) is 0 Å². The van der Waals surface area contributed by atoms with Gasteiger partial charge in [0.2, 0.25) is 0 Å². The van der Waals surface area contributed by atoms with Gasteiger partial charge in [0.25, 0.3) is 0 Å². The molecule has 0 atom stereocenters. The lowest BCUT2D eigenvalue weighted by atomic mass is 10.2. The van der Waals surface area contributed by atoms with Crippen molar-refractivity contribution in [2.45, 2.75) is 19.7 Å². The van der Waals surface area contributed by atoms with Gasteiger partial charge < -0.3 is 9.47 Å². The molecule has 2 rings (SSSR count). The minimum absolute atomic E-state index is 0.449. The highest BCUT2D eigenvalue weighted by Gasteiger charge is 2.03. The molecular formula is C14H18ClN3. The van der Waals surface area contributed by atoms with Gasteiger partial charge in [0.05, 0.1) is 17.9 Å². The van der Waals surface area contributed by atoms with Crippen LogP contribution in [0.1, 0.15) is 19.5 Å². The zero-order valence-electron chi connectivity index (χ0n) is 10.8. The van der Waals surface area contributed by atoms with Gasteiger partial charge in [0.1, 0.15) is 0 Å². The molecule has 1 aromatic heterocycles. The second-order valence-electron chi connectivity index (χ2n) is 4.09. The third kappa shape index (κ3) is 2.67. The van der Waals surface area contributed by atoms with Crippen molar-refractivity contribution in [3.8, 4) is 5.69 Å². The zero-order chi connectivity index (χ0) is 13.0. The molecule has 96 valence electrons. The molecule has 3 nitrogen and oxygen atoms in total. The SMILES string of the molecule is CCN(CC)c1ccc(-n2cnc(CCl)c2)cc1. The van der Waals surface area contributed by atoms with Crippen molar-refractivity contribution >= 4 is 17.3 Å². The van der Waals surface area contributed by atoms with E-state index in [-0.39, 0.29) is 0 Å². The highest BCUT2D eigenvalue weighted by atomic mass is 35.5. The Morgan fingerprint density at radius 3 is 2.33 bits per heavy atom. The molecule has 1 aromatic carbocycles. The summed E-state index contributed by atoms with van der Waals surface area (Å²) >= 11 is 5.75. The van der Waals surface area contributed by atoms with E-state index in [2.05, 4.69) is 48.0 Å². The van der Waals surface area contributed by atoms with E-state index < -0.39 is 0 Å². The number of rotatable bonds is 5. The van der Waals surface area contributed by atoms with Crippen LogP contribution < -0.4 is 4.90 Å². The molecule has 0 saturated heterocycles. The Bertz CT molecular complexity index is 486. The van der Waals surface area contributed by atoms with Crippen molar-refractivity contribution in [1.82, 2.24) is 9.55 Å². The molecule has 0 bridgehead atoms. The van der Waals surface area contributed by atoms with Crippen LogP contribution in [0.15, 0.2) is 36.8 Å². The van der Waals surface area contributed by atoms with Crippen LogP contribution >= 0.6 is 11.6 Å². The Hall–Kier alpha value is -1.48. The van der Waals surface area contributed by atoms with Crippen molar-refractivity contribution in [3.05, 3.63) is 42.5 Å². The van der Waals surface area contributed by atoms with Crippen molar-refractivity contribution in [2.24, 2.45) is 0 Å². The molecule has 0 fully saturated rings. The lowest BCUT2D eigenvalue weighted by Gasteiger charge is -2.21. The monoisotopic (exact) mass is 263 g/mol. The van der Waals surface area contributed by atoms with E-state index in [0.29, 0.717) is 5.88 Å². The van der Waals surface area contributed by atoms with Crippen LogP contribution in [0, 0.1) is 0 Å². The summed E-state index contributed by atoms with van der Waals surface area (Å²) in [6, 6.07) is 8.49. The van der Waals surface area contributed by atoms with E-state index in [1.54, 1.807) is 6.33 Å². The van der Waals surface area contributed by atoms with E-state index in [0.717, 1.165) is 24.5 Å². The number of imidazole rings is 1. The van der Waals surface area contributed by atoms with Gasteiger partial charge >= 0.3 is 0 Å². The molecular weight excluding hydrogens is 246 g/mol. The fraction of sp³-hybridized carbons (Fsp3) is 0.357. The molecule has 0 amide bonds. The van der Waals surface area contributed by atoms with Crippen molar-refractivity contribution < 1.29 is 0 Å². The van der Waals surface area contributed by atoms with E-state index >= 15 is 0 Å². The first-order chi connectivity index (χ1) is 8.78. The average Bonchev–Trinajstić information content (AvgIpc) is 2.90. The third-order valence-electron chi connectivity index (χ3n) is 3.05. The fourth-order valence-corrected chi connectivity index (χ4v) is 2.14. The fourth-order valence-electron chi connectivity index (χ4n) is 2.00. The summed E-state index contributed by atoms with van der Waals surface area (Å²) in [5.74, 6) is 0.449. The summed E-state index contributed by atoms with van der Waals surface area (Å²) in [5, 5.41) is 0. The number of alkyl halides is 1. The van der Waals surface area contributed by atoms with Crippen molar-refractivity contribution in [2.75, 3.05) is 18.0 Å². The van der Waals surface area contributed by atoms with Crippen LogP contribution in [0.3, 0.4) is 0 Å². The topological polar surface area (TPSA) is 21.1 Å². The summed E-state index contributed by atoms with van der Waals surface area (Å²) in [5.41, 5.74) is 3.25. The number of benzene rings is 1. The van der Waals surface area contributed by atoms with Gasteiger partial charge in [0.15, 0.2) is 0 Å². The molecule has 0 unspecified atom stereocenters. The van der Waals surface area contributed by atoms with E-state index in [4.69, 9.17) is 11.6 Å². The smallest absolute Gasteiger partial charge is 0.0995 e. The lowest BCUT2D eigenvalue weighted by molar-refractivity contribution is 0.865. The number of hydrogen-bond donors (Lipinski definition) is 0. The molecule has 0 radical (unpaired) electrons. The molecule has 18 heavy (non-hydrogen) atoms. The summed E-state index contributed by atoms with van der Waals surface area (Å²) in [7, 11) is 0. The van der Waals surface area contributed by atoms with Gasteiger partial charge in [-0.05, 0) is 38.1 Å². The first-order valence-electron chi connectivity index (χ1n) is 6.22. The van der Waals surface area contributed by atoms with E-state index in [1.165, 1.54) is 5.69 Å². The first-order valence-corrected chi connectivity index (χ1v) is 6.76. The molecule has 0 aliphatic rings. The van der Waals surface area contributed by atoms with Crippen LogP contribution in [-0.2, 0) is 5.88 Å². The Morgan fingerprint density at radius 1 is 1.17 bits per heavy atom. The predicted octanol–water partition coefficient (Wildman–Crippen LogP) is 3.46. The Morgan fingerprint density at radius 2 is 1.83 bits per heavy atom. The van der Waals surface area contributed by atoms with E-state index in [9.17, 15) is 0 Å². The summed E-state index contributed by atoms with van der Waals surface area (Å²) in [4.78, 5) is 6.54. The molecule has 0 saturated carbocycles. The molecule has 0 N–H and O–H groups in total. The average molecular weight is 264 g/mol. The van der Waals surface area contributed by atoms with Crippen LogP contribution in [-0.4, -0.2) is 22.6 Å². The summed E-state index contributed by atoms with van der Waals surface area (Å²) in [6.45, 7) is 6.38. The summed E-state index contributed by atoms with van der Waals surface area (Å²) < 4.78 is 1.99. The van der Waals surface area contributed by atoms with Crippen LogP contribution in [0.2, 0.25) is 0 Å². The van der Waals surface area contributed by atoms with E-state index in [1.807, 2.05) is 10.8 Å². The van der Waals surface area contributed by atoms with Gasteiger partial charge in [-0.2, -0.15) is 0 Å². The second kappa shape index (κ2) is 5.91. The molecule has 0 aliphatic heterocycles. The van der Waals surface area contributed by atoms with Crippen LogP contribution in [0.5, 0.6) is 0 Å². The number of halogens is 1. The summed E-state index contributed by atoms with van der Waals surface area (Å²) in [6.07, 6.45) is 3.75. The first kappa shape index (κ1) is 13.0. The Balaban J connectivity index is 2.21. The van der Waals surface area contributed by atoms with Crippen LogP contribution in [0.25, 0.3) is 5.69 Å². The van der Waals surface area contributed by atoms with Gasteiger partial charge in [-0.25, -0.2) is 4.98 Å². The third-order valence-corrected chi connectivity index (χ3v) is 3.32. The van der Waals surface area contributed by atoms with Crippen molar-refractivity contribution in [3.63, 3.8) is 0 Å².